The second kappa shape index (κ2) is 8.66. The van der Waals surface area contributed by atoms with E-state index in [2.05, 4.69) is 14.7 Å². The maximum Gasteiger partial charge on any atom is 0.416 e. The number of carbonyl (C=O) groups excluding carboxylic acids is 1. The Hall–Kier alpha value is -3.33. The molecule has 2 aromatic carbocycles. The van der Waals surface area contributed by atoms with Gasteiger partial charge in [0, 0.05) is 36.3 Å². The van der Waals surface area contributed by atoms with E-state index in [1.54, 1.807) is 0 Å². The topological polar surface area (TPSA) is 110 Å². The first-order valence-corrected chi connectivity index (χ1v) is 10.6. The molecule has 0 unspecified atom stereocenters. The van der Waals surface area contributed by atoms with Crippen LogP contribution in [0.1, 0.15) is 15.9 Å². The van der Waals surface area contributed by atoms with Crippen molar-refractivity contribution < 1.29 is 39.9 Å². The van der Waals surface area contributed by atoms with Gasteiger partial charge in [-0.1, -0.05) is 0 Å². The fourth-order valence-electron chi connectivity index (χ4n) is 2.41. The van der Waals surface area contributed by atoms with Crippen molar-refractivity contribution in [2.24, 2.45) is 0 Å². The van der Waals surface area contributed by atoms with E-state index < -0.39 is 61.3 Å². The molecule has 1 heterocycles. The monoisotopic (exact) mass is 494 g/mol. The molecule has 1 amide bonds. The molecule has 32 heavy (non-hydrogen) atoms. The summed E-state index contributed by atoms with van der Waals surface area (Å²) < 4.78 is 103. The molecule has 3 rings (SSSR count). The van der Waals surface area contributed by atoms with Gasteiger partial charge in [0.05, 0.1) is 5.56 Å². The molecule has 1 aromatic heterocycles. The van der Waals surface area contributed by atoms with Crippen LogP contribution >= 0.6 is 11.5 Å². The number of carbonyl (C=O) groups is 1. The lowest BCUT2D eigenvalue weighted by molar-refractivity contribution is -0.137. The van der Waals surface area contributed by atoms with Crippen molar-refractivity contribution in [1.82, 2.24) is 14.7 Å². The van der Waals surface area contributed by atoms with Gasteiger partial charge in [-0.15, -0.1) is 0 Å². The Balaban J connectivity index is 1.98. The third-order valence-corrected chi connectivity index (χ3v) is 5.87. The number of anilines is 1. The number of sulfonamides is 1. The summed E-state index contributed by atoms with van der Waals surface area (Å²) in [6.45, 7) is 0. The predicted molar refractivity (Wildman–Crippen MR) is 102 cm³/mol. The van der Waals surface area contributed by atoms with E-state index in [-0.39, 0.29) is 5.13 Å². The summed E-state index contributed by atoms with van der Waals surface area (Å²) in [7, 11) is -3.40. The normalized spacial score (nSPS) is 11.8. The highest BCUT2D eigenvalue weighted by Crippen LogP contribution is 2.35. The minimum atomic E-state index is -4.86. The molecule has 170 valence electrons. The van der Waals surface area contributed by atoms with Crippen molar-refractivity contribution in [3.05, 3.63) is 59.4 Å². The van der Waals surface area contributed by atoms with Gasteiger partial charge in [0.25, 0.3) is 15.9 Å². The molecule has 0 atom stereocenters. The van der Waals surface area contributed by atoms with Crippen LogP contribution in [0.3, 0.4) is 0 Å². The summed E-state index contributed by atoms with van der Waals surface area (Å²) in [6.07, 6.45) is -3.82. The van der Waals surface area contributed by atoms with E-state index in [0.717, 1.165) is 12.4 Å². The van der Waals surface area contributed by atoms with Gasteiger partial charge in [0.15, 0.2) is 11.6 Å². The standard InChI is InChI=1S/C17H11F5N4O4S2/c1-23-15(27)8-2-9(17(20,21)22)4-10(3-8)30-13-5-12(19)14(6-11(13)18)32(28,29)26-16-24-7-25-31-16/h2-7H,1H3,(H,23,27)(H,24,25,26). The lowest BCUT2D eigenvalue weighted by Crippen LogP contribution is -2.19. The van der Waals surface area contributed by atoms with Crippen molar-refractivity contribution >= 4 is 32.6 Å². The highest BCUT2D eigenvalue weighted by atomic mass is 32.2. The Morgan fingerprint density at radius 1 is 1.09 bits per heavy atom. The van der Waals surface area contributed by atoms with Gasteiger partial charge in [-0.25, -0.2) is 22.2 Å². The first-order valence-electron chi connectivity index (χ1n) is 8.31. The van der Waals surface area contributed by atoms with Gasteiger partial charge >= 0.3 is 6.18 Å². The van der Waals surface area contributed by atoms with Crippen LogP contribution in [-0.4, -0.2) is 30.7 Å². The van der Waals surface area contributed by atoms with Crippen LogP contribution in [-0.2, 0) is 16.2 Å². The van der Waals surface area contributed by atoms with E-state index in [0.29, 0.717) is 35.8 Å². The summed E-state index contributed by atoms with van der Waals surface area (Å²) >= 11 is 0.651. The van der Waals surface area contributed by atoms with E-state index in [4.69, 9.17) is 4.74 Å². The Morgan fingerprint density at radius 3 is 2.41 bits per heavy atom. The summed E-state index contributed by atoms with van der Waals surface area (Å²) in [6, 6.07) is 2.56. The molecule has 0 aliphatic carbocycles. The number of aromatic nitrogens is 2. The highest BCUT2D eigenvalue weighted by molar-refractivity contribution is 7.93. The SMILES string of the molecule is CNC(=O)c1cc(Oc2cc(F)c(S(=O)(=O)Nc3ncns3)cc2F)cc(C(F)(F)F)c1. The van der Waals surface area contributed by atoms with Crippen molar-refractivity contribution in [3.63, 3.8) is 0 Å². The Bertz CT molecular complexity index is 1260. The van der Waals surface area contributed by atoms with Crippen LogP contribution in [0.2, 0.25) is 0 Å². The summed E-state index contributed by atoms with van der Waals surface area (Å²) in [4.78, 5) is 14.2. The van der Waals surface area contributed by atoms with E-state index in [9.17, 15) is 35.2 Å². The van der Waals surface area contributed by atoms with Crippen LogP contribution in [0.5, 0.6) is 11.5 Å². The number of amides is 1. The number of alkyl halides is 3. The van der Waals surface area contributed by atoms with Crippen molar-refractivity contribution in [1.29, 1.82) is 0 Å². The number of nitrogens with one attached hydrogen (secondary N) is 2. The van der Waals surface area contributed by atoms with Gasteiger partial charge in [-0.05, 0) is 18.2 Å². The van der Waals surface area contributed by atoms with Crippen LogP contribution in [0.4, 0.5) is 27.1 Å². The van der Waals surface area contributed by atoms with Crippen LogP contribution in [0.25, 0.3) is 0 Å². The zero-order chi connectivity index (χ0) is 23.7. The Kier molecular flexibility index (Phi) is 6.32. The molecule has 0 saturated heterocycles. The number of hydrogen-bond acceptors (Lipinski definition) is 7. The third kappa shape index (κ3) is 5.11. The molecule has 3 aromatic rings. The maximum absolute atomic E-state index is 14.5. The Labute approximate surface area is 181 Å². The van der Waals surface area contributed by atoms with E-state index in [1.165, 1.54) is 7.05 Å². The molecular weight excluding hydrogens is 483 g/mol. The van der Waals surface area contributed by atoms with Crippen LogP contribution in [0, 0.1) is 11.6 Å². The molecule has 0 radical (unpaired) electrons. The van der Waals surface area contributed by atoms with Crippen molar-refractivity contribution in [2.45, 2.75) is 11.1 Å². The van der Waals surface area contributed by atoms with E-state index in [1.807, 2.05) is 4.72 Å². The third-order valence-electron chi connectivity index (χ3n) is 3.81. The lowest BCUT2D eigenvalue weighted by atomic mass is 10.1. The lowest BCUT2D eigenvalue weighted by Gasteiger charge is -2.14. The average molecular weight is 494 g/mol. The molecule has 15 heteroatoms. The second-order valence-electron chi connectivity index (χ2n) is 5.99. The van der Waals surface area contributed by atoms with Crippen molar-refractivity contribution in [3.8, 4) is 11.5 Å². The zero-order valence-electron chi connectivity index (χ0n) is 15.7. The quantitative estimate of drug-likeness (QED) is 0.505. The summed E-state index contributed by atoms with van der Waals surface area (Å²) in [5, 5.41) is 1.94. The average Bonchev–Trinajstić information content (AvgIpc) is 3.21. The van der Waals surface area contributed by atoms with Gasteiger partial charge in [0.1, 0.15) is 22.8 Å². The first kappa shape index (κ1) is 23.3. The minimum absolute atomic E-state index is 0.198. The first-order chi connectivity index (χ1) is 14.9. The summed E-state index contributed by atoms with van der Waals surface area (Å²) in [5.74, 6) is -5.24. The molecule has 0 fully saturated rings. The van der Waals surface area contributed by atoms with Gasteiger partial charge in [0.2, 0.25) is 5.13 Å². The fraction of sp³-hybridized carbons (Fsp3) is 0.118. The number of nitrogens with zero attached hydrogens (tertiary/aromatic N) is 2. The highest BCUT2D eigenvalue weighted by Gasteiger charge is 2.32. The summed E-state index contributed by atoms with van der Waals surface area (Å²) in [5.41, 5.74) is -1.71. The number of ether oxygens (including phenoxy) is 1. The molecule has 0 aliphatic rings. The molecule has 0 saturated carbocycles. The number of benzene rings is 2. The molecule has 0 spiro atoms. The Morgan fingerprint density at radius 2 is 1.81 bits per heavy atom. The second-order valence-corrected chi connectivity index (χ2v) is 8.42. The largest absolute Gasteiger partial charge is 0.454 e. The van der Waals surface area contributed by atoms with Gasteiger partial charge in [-0.3, -0.25) is 9.52 Å². The smallest absolute Gasteiger partial charge is 0.416 e. The molecule has 0 bridgehead atoms. The molecule has 2 N–H and O–H groups in total. The van der Waals surface area contributed by atoms with Gasteiger partial charge in [-0.2, -0.15) is 17.5 Å². The number of rotatable bonds is 6. The minimum Gasteiger partial charge on any atom is -0.454 e. The number of hydrogen-bond donors (Lipinski definition) is 2. The van der Waals surface area contributed by atoms with Gasteiger partial charge < -0.3 is 10.1 Å². The fourth-order valence-corrected chi connectivity index (χ4v) is 4.14. The van der Waals surface area contributed by atoms with Crippen LogP contribution < -0.4 is 14.8 Å². The van der Waals surface area contributed by atoms with E-state index >= 15 is 0 Å². The number of halogens is 5. The van der Waals surface area contributed by atoms with Crippen molar-refractivity contribution in [2.75, 3.05) is 11.8 Å². The zero-order valence-corrected chi connectivity index (χ0v) is 17.3. The maximum atomic E-state index is 14.5. The van der Waals surface area contributed by atoms with Crippen LogP contribution in [0.15, 0.2) is 41.6 Å². The molecular formula is C17H11F5N4O4S2. The predicted octanol–water partition coefficient (Wildman–Crippen LogP) is 3.79. The molecule has 0 aliphatic heterocycles. The molecule has 8 nitrogen and oxygen atoms in total.